The highest BCUT2D eigenvalue weighted by molar-refractivity contribution is 7.17. The summed E-state index contributed by atoms with van der Waals surface area (Å²) in [5.74, 6) is 3.28. The second-order valence-corrected chi connectivity index (χ2v) is 27.7. The maximum absolute atomic E-state index is 14.9. The number of hydrogen-bond acceptors (Lipinski definition) is 21. The van der Waals surface area contributed by atoms with E-state index in [9.17, 15) is 47.3 Å². The number of para-hydroxylation sites is 3. The first-order valence-corrected chi connectivity index (χ1v) is 35.8. The fraction of sp³-hybridized carbons (Fsp3) is 0.105. The van der Waals surface area contributed by atoms with Crippen LogP contribution in [0.3, 0.4) is 0 Å². The average Bonchev–Trinajstić information content (AvgIpc) is 1.45. The fourth-order valence-electron chi connectivity index (χ4n) is 12.5. The second kappa shape index (κ2) is 28.5. The Bertz CT molecular complexity index is 6510. The monoisotopic (exact) mass is 1520 g/mol. The molecule has 17 aromatic rings. The zero-order valence-corrected chi connectivity index (χ0v) is 60.1. The van der Waals surface area contributed by atoms with Crippen LogP contribution in [-0.4, -0.2) is 94.4 Å². The van der Waals surface area contributed by atoms with Crippen LogP contribution in [0.15, 0.2) is 177 Å². The van der Waals surface area contributed by atoms with Gasteiger partial charge in [-0.25, -0.2) is 61.5 Å². The van der Waals surface area contributed by atoms with E-state index in [-0.39, 0.29) is 76.1 Å². The molecule has 0 aliphatic heterocycles. The number of anilines is 3. The minimum Gasteiger partial charge on any atom is -0.506 e. The number of halogens is 5. The van der Waals surface area contributed by atoms with E-state index in [2.05, 4.69) is 37.0 Å². The standard InChI is InChI=1S/C26H18ClFN6O2S.C26H18F2N6O2S.C24H19FN6O2S/c1-13-12-37-25-21(13)26(36)34(18-5-3-2-4-16(18)28)20(31-25)11-33-24-22(17(29)8-9-30-24)23(32-33)14-6-7-19(35)15(27)10-14;1-13-12-37-25-21(13)26(36)34(18-5-3-2-4-15(18)27)20(31-25)11-33-24-22(17(29)8-9-30-24)23(32-33)14-6-7-19(35)16(28)10-14;1-13-12-34-23-20(13)24(33)31(18-6-4-3-5-15(18)25)19(28-23)11-30-22-21(16(26)9-10-27-22)17(29-30)8-7-14(2)32/h2*2-10,12,35H,11H2,1H3,(H2,29,30);3-6,9-10,12,14,32H,11H2,1-2H3,(H2,26,27)/t;;14-/m..1/s1. The summed E-state index contributed by atoms with van der Waals surface area (Å²) < 4.78 is 67.2. The minimum absolute atomic E-state index is 0.00916. The van der Waals surface area contributed by atoms with Gasteiger partial charge in [-0.3, -0.25) is 28.1 Å². The van der Waals surface area contributed by atoms with E-state index >= 15 is 0 Å². The molecule has 0 fully saturated rings. The third-order valence-corrected chi connectivity index (χ3v) is 20.8. The first kappa shape index (κ1) is 70.7. The van der Waals surface area contributed by atoms with Gasteiger partial charge in [-0.05, 0) is 157 Å². The van der Waals surface area contributed by atoms with E-state index in [1.54, 1.807) is 90.7 Å². The predicted molar refractivity (Wildman–Crippen MR) is 411 cm³/mol. The van der Waals surface area contributed by atoms with Crippen molar-refractivity contribution in [3.8, 4) is 62.9 Å². The molecule has 0 saturated carbocycles. The van der Waals surface area contributed by atoms with E-state index in [1.165, 1.54) is 118 Å². The summed E-state index contributed by atoms with van der Waals surface area (Å²) in [5.41, 5.74) is 24.9. The Hall–Kier alpha value is -13.0. The Morgan fingerprint density at radius 2 is 0.833 bits per heavy atom. The van der Waals surface area contributed by atoms with Gasteiger partial charge in [0.2, 0.25) is 0 Å². The summed E-state index contributed by atoms with van der Waals surface area (Å²) in [5, 5.41) is 51.6. The number of pyridine rings is 3. The van der Waals surface area contributed by atoms with Gasteiger partial charge in [-0.2, -0.15) is 15.3 Å². The van der Waals surface area contributed by atoms with Crippen LogP contribution in [-0.2, 0) is 19.6 Å². The number of thiophene rings is 3. The Balaban J connectivity index is 0.000000129. The van der Waals surface area contributed by atoms with Crippen LogP contribution in [0.4, 0.5) is 34.6 Å². The number of fused-ring (bicyclic) bond motifs is 6. The van der Waals surface area contributed by atoms with Crippen LogP contribution < -0.4 is 33.9 Å². The van der Waals surface area contributed by atoms with Crippen LogP contribution in [0.2, 0.25) is 5.02 Å². The number of aromatic nitrogens is 15. The molecule has 0 aliphatic carbocycles. The molecule has 0 amide bonds. The number of hydrogen-bond donors (Lipinski definition) is 6. The summed E-state index contributed by atoms with van der Waals surface area (Å²) in [6, 6.07) is 31.6. The van der Waals surface area contributed by atoms with Crippen molar-refractivity contribution in [2.45, 2.75) is 53.4 Å². The van der Waals surface area contributed by atoms with Crippen molar-refractivity contribution in [3.63, 3.8) is 0 Å². The number of rotatable bonds is 11. The number of nitrogen functional groups attached to an aromatic ring is 3. The number of aliphatic hydroxyl groups is 1. The number of nitrogens with two attached hydrogens (primary N) is 3. The van der Waals surface area contributed by atoms with Crippen molar-refractivity contribution >= 4 is 126 Å². The van der Waals surface area contributed by atoms with E-state index in [0.29, 0.717) is 109 Å². The molecule has 0 unspecified atom stereocenters. The highest BCUT2D eigenvalue weighted by Crippen LogP contribution is 2.38. The lowest BCUT2D eigenvalue weighted by Gasteiger charge is -2.14. The molecule has 0 spiro atoms. The quantitative estimate of drug-likeness (QED) is 0.0517. The number of aliphatic hydroxyl groups excluding tert-OH is 1. The molecule has 1 atom stereocenters. The molecule has 17 rings (SSSR count). The first-order chi connectivity index (χ1) is 52.0. The number of aromatic hydroxyl groups is 2. The van der Waals surface area contributed by atoms with Crippen LogP contribution >= 0.6 is 45.6 Å². The maximum atomic E-state index is 14.9. The number of phenols is 2. The summed E-state index contributed by atoms with van der Waals surface area (Å²) in [6.45, 7) is 6.98. The highest BCUT2D eigenvalue weighted by Gasteiger charge is 2.27. The normalized spacial score (nSPS) is 11.7. The lowest BCUT2D eigenvalue weighted by Crippen LogP contribution is -2.26. The summed E-state index contributed by atoms with van der Waals surface area (Å²) in [7, 11) is 0. The van der Waals surface area contributed by atoms with Gasteiger partial charge in [-0.1, -0.05) is 53.9 Å². The molecular weight excluding hydrogens is 1470 g/mol. The average molecular weight is 1520 g/mol. The molecular formula is C76H55ClF4N18O6S3. The molecule has 0 radical (unpaired) electrons. The molecule has 32 heteroatoms. The van der Waals surface area contributed by atoms with Crippen molar-refractivity contribution in [1.82, 2.24) is 72.9 Å². The maximum Gasteiger partial charge on any atom is 0.267 e. The molecule has 12 heterocycles. The largest absolute Gasteiger partial charge is 0.506 e. The number of nitrogens with zero attached hydrogens (tertiary/aromatic N) is 15. The van der Waals surface area contributed by atoms with Gasteiger partial charge >= 0.3 is 0 Å². The van der Waals surface area contributed by atoms with Crippen molar-refractivity contribution < 1.29 is 32.9 Å². The van der Waals surface area contributed by atoms with Gasteiger partial charge in [0.1, 0.15) is 98.0 Å². The smallest absolute Gasteiger partial charge is 0.267 e. The Kier molecular flexibility index (Phi) is 18.6. The lowest BCUT2D eigenvalue weighted by atomic mass is 10.1. The van der Waals surface area contributed by atoms with Gasteiger partial charge in [0.15, 0.2) is 28.5 Å². The van der Waals surface area contributed by atoms with E-state index in [4.69, 9.17) is 48.9 Å². The van der Waals surface area contributed by atoms with E-state index in [0.717, 1.165) is 22.8 Å². The molecule has 24 nitrogen and oxygen atoms in total. The zero-order chi connectivity index (χ0) is 75.7. The number of benzene rings is 5. The van der Waals surface area contributed by atoms with Gasteiger partial charge < -0.3 is 32.5 Å². The fourth-order valence-corrected chi connectivity index (χ4v) is 15.5. The molecule has 0 saturated heterocycles. The molecule has 12 aromatic heterocycles. The second-order valence-electron chi connectivity index (χ2n) is 24.7. The van der Waals surface area contributed by atoms with Gasteiger partial charge in [0.05, 0.1) is 54.4 Å². The Morgan fingerprint density at radius 3 is 1.21 bits per heavy atom. The molecule has 538 valence electrons. The van der Waals surface area contributed by atoms with Crippen LogP contribution in [0.5, 0.6) is 11.5 Å². The van der Waals surface area contributed by atoms with Crippen LogP contribution in [0.1, 0.15) is 46.8 Å². The third-order valence-electron chi connectivity index (χ3n) is 17.6. The number of aryl methyl sites for hydroxylation is 3. The topological polar surface area (TPSA) is 336 Å². The highest BCUT2D eigenvalue weighted by atomic mass is 35.5. The van der Waals surface area contributed by atoms with E-state index < -0.39 is 40.7 Å². The number of phenolic OH excluding ortho intramolecular Hbond substituents is 2. The first-order valence-electron chi connectivity index (χ1n) is 32.8. The Morgan fingerprint density at radius 1 is 0.472 bits per heavy atom. The molecule has 0 aliphatic rings. The molecule has 5 aromatic carbocycles. The van der Waals surface area contributed by atoms with Gasteiger partial charge in [0, 0.05) is 46.8 Å². The van der Waals surface area contributed by atoms with Gasteiger partial charge in [-0.15, -0.1) is 34.0 Å². The lowest BCUT2D eigenvalue weighted by molar-refractivity contribution is 0.253. The van der Waals surface area contributed by atoms with Crippen molar-refractivity contribution in [1.29, 1.82) is 0 Å². The van der Waals surface area contributed by atoms with Gasteiger partial charge in [0.25, 0.3) is 16.7 Å². The van der Waals surface area contributed by atoms with Crippen molar-refractivity contribution in [2.24, 2.45) is 0 Å². The van der Waals surface area contributed by atoms with Crippen LogP contribution in [0.25, 0.3) is 103 Å². The molecule has 0 bridgehead atoms. The summed E-state index contributed by atoms with van der Waals surface area (Å²) >= 11 is 10.2. The summed E-state index contributed by atoms with van der Waals surface area (Å²) in [6.07, 6.45) is 3.77. The SMILES string of the molecule is Cc1csc2nc(Cn3nc(-c4ccc(O)c(Cl)c4)c4c(N)ccnc43)n(-c3ccccc3F)c(=O)c12.Cc1csc2nc(Cn3nc(-c4ccc(O)c(F)c4)c4c(N)ccnc43)n(-c3ccccc3F)c(=O)c12.Cc1csc2nc(Cn3nc(C#C[C@@H](C)O)c4c(N)ccnc43)n(-c3ccccc3F)c(=O)c12. The third kappa shape index (κ3) is 12.8. The van der Waals surface area contributed by atoms with Crippen LogP contribution in [0, 0.1) is 55.9 Å². The summed E-state index contributed by atoms with van der Waals surface area (Å²) in [4.78, 5) is 69.9. The minimum atomic E-state index is -0.851. The van der Waals surface area contributed by atoms with E-state index in [1.807, 2.05) is 36.9 Å². The predicted octanol–water partition coefficient (Wildman–Crippen LogP) is 13.1. The molecule has 9 N–H and O–H groups in total. The van der Waals surface area contributed by atoms with Crippen molar-refractivity contribution in [3.05, 3.63) is 261 Å². The molecule has 108 heavy (non-hydrogen) atoms. The Labute approximate surface area is 623 Å². The van der Waals surface area contributed by atoms with Crippen molar-refractivity contribution in [2.75, 3.05) is 17.2 Å². The zero-order valence-electron chi connectivity index (χ0n) is 56.9.